The fraction of sp³-hybridized carbons (Fsp3) is 0.316. The van der Waals surface area contributed by atoms with E-state index < -0.39 is 0 Å². The van der Waals surface area contributed by atoms with Crippen LogP contribution in [-0.4, -0.2) is 19.6 Å². The number of aryl methyl sites for hydroxylation is 2. The molecule has 23 heavy (non-hydrogen) atoms. The van der Waals surface area contributed by atoms with E-state index in [0.29, 0.717) is 19.4 Å². The summed E-state index contributed by atoms with van der Waals surface area (Å²) in [5, 5.41) is 2.86. The molecule has 4 heteroatoms. The number of carbonyl (C=O) groups is 1. The molecule has 4 nitrogen and oxygen atoms in total. The molecule has 1 amide bonds. The van der Waals surface area contributed by atoms with Crippen molar-refractivity contribution in [1.82, 2.24) is 0 Å². The minimum atomic E-state index is -0.0255. The molecule has 0 saturated carbocycles. The molecule has 0 spiro atoms. The highest BCUT2D eigenvalue weighted by molar-refractivity contribution is 5.90. The van der Waals surface area contributed by atoms with Gasteiger partial charge in [-0.15, -0.1) is 0 Å². The zero-order valence-electron chi connectivity index (χ0n) is 13.9. The van der Waals surface area contributed by atoms with Gasteiger partial charge in [-0.25, -0.2) is 0 Å². The summed E-state index contributed by atoms with van der Waals surface area (Å²) in [6.45, 7) is 4.60. The van der Waals surface area contributed by atoms with Crippen LogP contribution in [0.5, 0.6) is 11.5 Å². The number of rotatable bonds is 7. The standard InChI is InChI=1S/C19H23NO3/c1-14-9-10-18(15(2)12-14)23-11-5-8-19(21)20-16-6-4-7-17(13-16)22-3/h4,6-7,9-10,12-13H,5,8,11H2,1-3H3,(H,20,21). The monoisotopic (exact) mass is 313 g/mol. The summed E-state index contributed by atoms with van der Waals surface area (Å²) in [6, 6.07) is 13.4. The minimum absolute atomic E-state index is 0.0255. The molecule has 0 fully saturated rings. The summed E-state index contributed by atoms with van der Waals surface area (Å²) < 4.78 is 10.9. The van der Waals surface area contributed by atoms with Gasteiger partial charge in [0, 0.05) is 18.2 Å². The van der Waals surface area contributed by atoms with E-state index in [9.17, 15) is 4.79 Å². The summed E-state index contributed by atoms with van der Waals surface area (Å²) in [6.07, 6.45) is 1.09. The SMILES string of the molecule is COc1cccc(NC(=O)CCCOc2ccc(C)cc2C)c1. The maximum Gasteiger partial charge on any atom is 0.224 e. The van der Waals surface area contributed by atoms with Gasteiger partial charge in [0.05, 0.1) is 13.7 Å². The Morgan fingerprint density at radius 1 is 1.13 bits per heavy atom. The Morgan fingerprint density at radius 3 is 2.70 bits per heavy atom. The van der Waals surface area contributed by atoms with Gasteiger partial charge in [-0.05, 0) is 44.0 Å². The number of methoxy groups -OCH3 is 1. The highest BCUT2D eigenvalue weighted by Crippen LogP contribution is 2.19. The highest BCUT2D eigenvalue weighted by Gasteiger charge is 2.04. The van der Waals surface area contributed by atoms with Crippen molar-refractivity contribution in [3.63, 3.8) is 0 Å². The number of amides is 1. The molecule has 0 aliphatic heterocycles. The zero-order valence-corrected chi connectivity index (χ0v) is 13.9. The molecule has 122 valence electrons. The van der Waals surface area contributed by atoms with Crippen LogP contribution in [0.1, 0.15) is 24.0 Å². The van der Waals surface area contributed by atoms with E-state index in [1.807, 2.05) is 37.3 Å². The Morgan fingerprint density at radius 2 is 1.96 bits per heavy atom. The van der Waals surface area contributed by atoms with E-state index in [1.165, 1.54) is 5.56 Å². The Bertz CT molecular complexity index is 667. The van der Waals surface area contributed by atoms with Gasteiger partial charge in [-0.2, -0.15) is 0 Å². The van der Waals surface area contributed by atoms with Gasteiger partial charge < -0.3 is 14.8 Å². The van der Waals surface area contributed by atoms with Crippen LogP contribution in [0.3, 0.4) is 0 Å². The molecule has 1 N–H and O–H groups in total. The second-order valence-electron chi connectivity index (χ2n) is 5.50. The lowest BCUT2D eigenvalue weighted by molar-refractivity contribution is -0.116. The number of hydrogen-bond acceptors (Lipinski definition) is 3. The first-order valence-corrected chi connectivity index (χ1v) is 7.72. The second-order valence-corrected chi connectivity index (χ2v) is 5.50. The van der Waals surface area contributed by atoms with Gasteiger partial charge in [0.15, 0.2) is 0 Å². The van der Waals surface area contributed by atoms with Crippen molar-refractivity contribution in [3.8, 4) is 11.5 Å². The maximum atomic E-state index is 11.9. The van der Waals surface area contributed by atoms with Crippen LogP contribution in [0.2, 0.25) is 0 Å². The summed E-state index contributed by atoms with van der Waals surface area (Å²) in [4.78, 5) is 11.9. The molecular weight excluding hydrogens is 290 g/mol. The van der Waals surface area contributed by atoms with E-state index in [0.717, 1.165) is 22.7 Å². The van der Waals surface area contributed by atoms with Gasteiger partial charge in [-0.3, -0.25) is 4.79 Å². The topological polar surface area (TPSA) is 47.6 Å². The minimum Gasteiger partial charge on any atom is -0.497 e. The number of anilines is 1. The number of benzene rings is 2. The van der Waals surface area contributed by atoms with Crippen LogP contribution < -0.4 is 14.8 Å². The molecule has 2 aromatic rings. The summed E-state index contributed by atoms with van der Waals surface area (Å²) >= 11 is 0. The molecular formula is C19H23NO3. The lowest BCUT2D eigenvalue weighted by Gasteiger charge is -2.10. The smallest absolute Gasteiger partial charge is 0.224 e. The Labute approximate surface area is 137 Å². The highest BCUT2D eigenvalue weighted by atomic mass is 16.5. The Balaban J connectivity index is 1.74. The fourth-order valence-electron chi connectivity index (χ4n) is 2.30. The third kappa shape index (κ3) is 5.33. The molecule has 0 aliphatic rings. The van der Waals surface area contributed by atoms with Crippen LogP contribution in [0.25, 0.3) is 0 Å². The van der Waals surface area contributed by atoms with Crippen molar-refractivity contribution >= 4 is 11.6 Å². The van der Waals surface area contributed by atoms with Gasteiger partial charge >= 0.3 is 0 Å². The molecule has 0 bridgehead atoms. The van der Waals surface area contributed by atoms with E-state index in [2.05, 4.69) is 18.3 Å². The van der Waals surface area contributed by atoms with Crippen LogP contribution in [0.4, 0.5) is 5.69 Å². The Kier molecular flexibility index (Phi) is 6.03. The largest absolute Gasteiger partial charge is 0.497 e. The van der Waals surface area contributed by atoms with Crippen LogP contribution in [0, 0.1) is 13.8 Å². The Hall–Kier alpha value is -2.49. The average Bonchev–Trinajstić information content (AvgIpc) is 2.53. The molecule has 0 radical (unpaired) electrons. The predicted octanol–water partition coefficient (Wildman–Crippen LogP) is 4.11. The van der Waals surface area contributed by atoms with E-state index in [4.69, 9.17) is 9.47 Å². The molecule has 0 unspecified atom stereocenters. The first kappa shape index (κ1) is 16.9. The van der Waals surface area contributed by atoms with Gasteiger partial charge in [0.25, 0.3) is 0 Å². The van der Waals surface area contributed by atoms with Crippen LogP contribution in [0.15, 0.2) is 42.5 Å². The zero-order chi connectivity index (χ0) is 16.7. The molecule has 0 atom stereocenters. The normalized spacial score (nSPS) is 10.2. The van der Waals surface area contributed by atoms with Crippen LogP contribution >= 0.6 is 0 Å². The molecule has 2 aromatic carbocycles. The van der Waals surface area contributed by atoms with Crippen molar-refractivity contribution in [2.24, 2.45) is 0 Å². The number of carbonyl (C=O) groups excluding carboxylic acids is 1. The van der Waals surface area contributed by atoms with Gasteiger partial charge in [0.2, 0.25) is 5.91 Å². The molecule has 2 rings (SSSR count). The quantitative estimate of drug-likeness (QED) is 0.783. The average molecular weight is 313 g/mol. The van der Waals surface area contributed by atoms with Crippen molar-refractivity contribution in [1.29, 1.82) is 0 Å². The first-order chi connectivity index (χ1) is 11.1. The van der Waals surface area contributed by atoms with Crippen molar-refractivity contribution in [2.45, 2.75) is 26.7 Å². The molecule has 0 saturated heterocycles. The molecule has 0 heterocycles. The lowest BCUT2D eigenvalue weighted by Crippen LogP contribution is -2.13. The van der Waals surface area contributed by atoms with Crippen molar-refractivity contribution < 1.29 is 14.3 Å². The molecule has 0 aliphatic carbocycles. The van der Waals surface area contributed by atoms with Crippen molar-refractivity contribution in [2.75, 3.05) is 19.0 Å². The number of nitrogens with one attached hydrogen (secondary N) is 1. The van der Waals surface area contributed by atoms with Gasteiger partial charge in [0.1, 0.15) is 11.5 Å². The van der Waals surface area contributed by atoms with Crippen molar-refractivity contribution in [3.05, 3.63) is 53.6 Å². The maximum absolute atomic E-state index is 11.9. The second kappa shape index (κ2) is 8.22. The van der Waals surface area contributed by atoms with E-state index >= 15 is 0 Å². The van der Waals surface area contributed by atoms with Crippen LogP contribution in [-0.2, 0) is 4.79 Å². The lowest BCUT2D eigenvalue weighted by atomic mass is 10.1. The number of ether oxygens (including phenoxy) is 2. The third-order valence-electron chi connectivity index (χ3n) is 3.49. The summed E-state index contributed by atoms with van der Waals surface area (Å²) in [5.74, 6) is 1.58. The first-order valence-electron chi connectivity index (χ1n) is 7.72. The predicted molar refractivity (Wildman–Crippen MR) is 92.3 cm³/mol. The van der Waals surface area contributed by atoms with E-state index in [1.54, 1.807) is 13.2 Å². The van der Waals surface area contributed by atoms with Gasteiger partial charge in [-0.1, -0.05) is 23.8 Å². The fourth-order valence-corrected chi connectivity index (χ4v) is 2.30. The third-order valence-corrected chi connectivity index (χ3v) is 3.49. The summed E-state index contributed by atoms with van der Waals surface area (Å²) in [7, 11) is 1.60. The van der Waals surface area contributed by atoms with E-state index in [-0.39, 0.29) is 5.91 Å². The summed E-state index contributed by atoms with van der Waals surface area (Å²) in [5.41, 5.74) is 3.07. The number of hydrogen-bond donors (Lipinski definition) is 1. The molecule has 0 aromatic heterocycles.